The molecule has 0 saturated carbocycles. The number of benzene rings is 16. The average molecular weight is 959 g/mol. The molecule has 0 heteroatoms. The summed E-state index contributed by atoms with van der Waals surface area (Å²) >= 11 is 0. The van der Waals surface area contributed by atoms with E-state index in [1.54, 1.807) is 0 Å². The van der Waals surface area contributed by atoms with Crippen LogP contribution in [-0.4, -0.2) is 0 Å². The van der Waals surface area contributed by atoms with Crippen molar-refractivity contribution in [3.63, 3.8) is 0 Å². The summed E-state index contributed by atoms with van der Waals surface area (Å²) in [5, 5.41) is 20.6. The summed E-state index contributed by atoms with van der Waals surface area (Å²) in [5.41, 5.74) is 17.2. The van der Waals surface area contributed by atoms with Crippen LogP contribution in [0.3, 0.4) is 0 Å². The summed E-state index contributed by atoms with van der Waals surface area (Å²) in [6.45, 7) is 0. The lowest BCUT2D eigenvalue weighted by molar-refractivity contribution is 1.58. The molecule has 0 radical (unpaired) electrons. The zero-order chi connectivity index (χ0) is 49.8. The highest BCUT2D eigenvalue weighted by atomic mass is 14.2. The SMILES string of the molecule is c1cc(-c2cccc(-c3ccc4ccc5c(-c6ccc(-c7ccc8ccccc8c7)cc6)ccc6ccc3c4c65)c2)cc(-c2cccc(-c3ccc4ccc5c(-c6cccc7ccccc67)ccc6ccc3c4c65)c2)c1. The standard InChI is InChI=1S/C76H46/c1-2-11-55-43-60(26-23-47(55)9-1)48-21-24-50(25-22-48)64-35-27-51-32-40-70-65(36-28-52-31-39-69(64)73(51)74(52)70)61-17-6-15-58(45-61)56-13-5-14-57(44-56)59-16-7-18-62(46-59)66-37-29-53-34-42-72-68(38-30-54-33-41-71(66)75(53)76(54)72)67-20-8-12-49-10-3-4-19-63(49)67/h1-46H. The van der Waals surface area contributed by atoms with Gasteiger partial charge in [-0.15, -0.1) is 0 Å². The van der Waals surface area contributed by atoms with Crippen molar-refractivity contribution in [2.75, 3.05) is 0 Å². The molecule has 0 aliphatic carbocycles. The molecule has 0 unspecified atom stereocenters. The van der Waals surface area contributed by atoms with Crippen LogP contribution in [0.2, 0.25) is 0 Å². The second-order valence-corrected chi connectivity index (χ2v) is 20.7. The Hall–Kier alpha value is -9.88. The van der Waals surface area contributed by atoms with E-state index in [-0.39, 0.29) is 0 Å². The molecule has 16 aromatic rings. The van der Waals surface area contributed by atoms with Crippen molar-refractivity contribution in [2.45, 2.75) is 0 Å². The van der Waals surface area contributed by atoms with Crippen molar-refractivity contribution in [1.82, 2.24) is 0 Å². The quantitative estimate of drug-likeness (QED) is 0.140. The predicted octanol–water partition coefficient (Wildman–Crippen LogP) is 21.5. The van der Waals surface area contributed by atoms with Gasteiger partial charge in [-0.3, -0.25) is 0 Å². The molecular weight excluding hydrogens is 913 g/mol. The second-order valence-electron chi connectivity index (χ2n) is 20.7. The maximum atomic E-state index is 2.38. The van der Waals surface area contributed by atoms with E-state index in [9.17, 15) is 0 Å². The zero-order valence-electron chi connectivity index (χ0n) is 41.6. The summed E-state index contributed by atoms with van der Waals surface area (Å²) in [5.74, 6) is 0. The third kappa shape index (κ3) is 6.71. The van der Waals surface area contributed by atoms with Crippen LogP contribution in [0.4, 0.5) is 0 Å². The molecule has 0 bridgehead atoms. The number of hydrogen-bond donors (Lipinski definition) is 0. The molecule has 0 fully saturated rings. The molecule has 0 saturated heterocycles. The van der Waals surface area contributed by atoms with Gasteiger partial charge in [0.05, 0.1) is 0 Å². The Morgan fingerprint density at radius 3 is 1.00 bits per heavy atom. The highest BCUT2D eigenvalue weighted by molar-refractivity contribution is 6.29. The Bertz CT molecular complexity index is 4970. The van der Waals surface area contributed by atoms with E-state index >= 15 is 0 Å². The fourth-order valence-corrected chi connectivity index (χ4v) is 12.9. The Balaban J connectivity index is 0.739. The van der Waals surface area contributed by atoms with Gasteiger partial charge in [0, 0.05) is 0 Å². The Kier molecular flexibility index (Phi) is 9.44. The van der Waals surface area contributed by atoms with E-state index in [1.165, 1.54) is 164 Å². The van der Waals surface area contributed by atoms with E-state index in [0.717, 1.165) is 0 Å². The minimum atomic E-state index is 1.20. The van der Waals surface area contributed by atoms with Crippen LogP contribution in [0.1, 0.15) is 0 Å². The molecule has 76 heavy (non-hydrogen) atoms. The van der Waals surface area contributed by atoms with Gasteiger partial charge in [0.2, 0.25) is 0 Å². The number of hydrogen-bond acceptors (Lipinski definition) is 0. The topological polar surface area (TPSA) is 0 Å². The van der Waals surface area contributed by atoms with Crippen molar-refractivity contribution in [1.29, 1.82) is 0 Å². The van der Waals surface area contributed by atoms with Crippen molar-refractivity contribution < 1.29 is 0 Å². The fourth-order valence-electron chi connectivity index (χ4n) is 12.9. The largest absolute Gasteiger partial charge is 0.0616 e. The molecule has 0 nitrogen and oxygen atoms in total. The third-order valence-corrected chi connectivity index (χ3v) is 16.6. The van der Waals surface area contributed by atoms with Crippen molar-refractivity contribution in [3.8, 4) is 77.9 Å². The molecule has 0 heterocycles. The van der Waals surface area contributed by atoms with Crippen molar-refractivity contribution in [3.05, 3.63) is 279 Å². The van der Waals surface area contributed by atoms with E-state index < -0.39 is 0 Å². The highest BCUT2D eigenvalue weighted by Gasteiger charge is 2.19. The van der Waals surface area contributed by atoms with E-state index in [1.807, 2.05) is 0 Å². The molecule has 0 atom stereocenters. The van der Waals surface area contributed by atoms with Crippen LogP contribution in [0.25, 0.3) is 164 Å². The van der Waals surface area contributed by atoms with Crippen LogP contribution in [0.5, 0.6) is 0 Å². The number of fused-ring (bicyclic) bond motifs is 2. The zero-order valence-corrected chi connectivity index (χ0v) is 41.6. The van der Waals surface area contributed by atoms with Crippen molar-refractivity contribution in [2.24, 2.45) is 0 Å². The first-order chi connectivity index (χ1) is 37.6. The molecule has 0 N–H and O–H groups in total. The van der Waals surface area contributed by atoms with Crippen LogP contribution < -0.4 is 0 Å². The molecule has 0 aromatic heterocycles. The Morgan fingerprint density at radius 2 is 0.461 bits per heavy atom. The molecule has 0 aliphatic rings. The minimum absolute atomic E-state index is 1.20. The molecule has 350 valence electrons. The molecule has 16 aromatic carbocycles. The summed E-state index contributed by atoms with van der Waals surface area (Å²) in [4.78, 5) is 0. The lowest BCUT2D eigenvalue weighted by Crippen LogP contribution is -1.90. The normalized spacial score (nSPS) is 11.9. The lowest BCUT2D eigenvalue weighted by Gasteiger charge is -2.17. The highest BCUT2D eigenvalue weighted by Crippen LogP contribution is 2.46. The molecule has 16 rings (SSSR count). The van der Waals surface area contributed by atoms with Gasteiger partial charge in [-0.1, -0.05) is 255 Å². The van der Waals surface area contributed by atoms with E-state index in [0.29, 0.717) is 0 Å². The number of rotatable bonds is 7. The fraction of sp³-hybridized carbons (Fsp3) is 0. The summed E-state index contributed by atoms with van der Waals surface area (Å²) in [7, 11) is 0. The maximum Gasteiger partial charge on any atom is -0.00203 e. The smallest absolute Gasteiger partial charge is 0.00203 e. The van der Waals surface area contributed by atoms with Gasteiger partial charge in [0.1, 0.15) is 0 Å². The first-order valence-electron chi connectivity index (χ1n) is 26.5. The summed E-state index contributed by atoms with van der Waals surface area (Å²) in [6.07, 6.45) is 0. The van der Waals surface area contributed by atoms with Gasteiger partial charge in [-0.05, 0) is 188 Å². The first-order valence-corrected chi connectivity index (χ1v) is 26.5. The monoisotopic (exact) mass is 958 g/mol. The van der Waals surface area contributed by atoms with Gasteiger partial charge in [-0.2, -0.15) is 0 Å². The average Bonchev–Trinajstić information content (AvgIpc) is 3.66. The predicted molar refractivity (Wildman–Crippen MR) is 327 cm³/mol. The van der Waals surface area contributed by atoms with Crippen LogP contribution in [0, 0.1) is 0 Å². The molecule has 0 aliphatic heterocycles. The van der Waals surface area contributed by atoms with E-state index in [4.69, 9.17) is 0 Å². The van der Waals surface area contributed by atoms with Crippen LogP contribution in [-0.2, 0) is 0 Å². The van der Waals surface area contributed by atoms with Crippen molar-refractivity contribution >= 4 is 86.2 Å². The molecule has 0 spiro atoms. The second kappa shape index (κ2) is 16.8. The van der Waals surface area contributed by atoms with Crippen LogP contribution in [0.15, 0.2) is 279 Å². The Labute approximate surface area is 440 Å². The minimum Gasteiger partial charge on any atom is -0.0616 e. The summed E-state index contributed by atoms with van der Waals surface area (Å²) in [6, 6.07) is 104. The molecule has 0 amide bonds. The third-order valence-electron chi connectivity index (χ3n) is 16.6. The Morgan fingerprint density at radius 1 is 0.132 bits per heavy atom. The first kappa shape index (κ1) is 42.6. The molecular formula is C76H46. The van der Waals surface area contributed by atoms with E-state index in [2.05, 4.69) is 279 Å². The van der Waals surface area contributed by atoms with Gasteiger partial charge >= 0.3 is 0 Å². The van der Waals surface area contributed by atoms with Gasteiger partial charge in [0.15, 0.2) is 0 Å². The lowest BCUT2D eigenvalue weighted by atomic mass is 9.86. The summed E-state index contributed by atoms with van der Waals surface area (Å²) < 4.78 is 0. The van der Waals surface area contributed by atoms with Gasteiger partial charge < -0.3 is 0 Å². The van der Waals surface area contributed by atoms with Gasteiger partial charge in [0.25, 0.3) is 0 Å². The van der Waals surface area contributed by atoms with Crippen LogP contribution >= 0.6 is 0 Å². The van der Waals surface area contributed by atoms with Gasteiger partial charge in [-0.25, -0.2) is 0 Å². The maximum absolute atomic E-state index is 2.38.